The van der Waals surface area contributed by atoms with Crippen molar-refractivity contribution < 1.29 is 4.79 Å². The number of nitrogens with zero attached hydrogens (tertiary/aromatic N) is 5. The van der Waals surface area contributed by atoms with Crippen LogP contribution in [0.5, 0.6) is 0 Å². The first-order valence-corrected chi connectivity index (χ1v) is 11.4. The lowest BCUT2D eigenvalue weighted by atomic mass is 9.90. The fourth-order valence-corrected chi connectivity index (χ4v) is 4.00. The number of hydrogen-bond acceptors (Lipinski definition) is 6. The standard InChI is InChI=1S/C28H23N7O/c1-17-23(18-5-4-6-19(11-18)25-22-8-10-31-26(22)34-16-33-25)13-21(14-32-17)35-27(36)20-7-9-30-24(12-20)28(2,3)15-29/h4-14,16H,1-3H3,(H,35,36)(H,31,33,34). The van der Waals surface area contributed by atoms with Crippen molar-refractivity contribution in [2.45, 2.75) is 26.2 Å². The van der Waals surface area contributed by atoms with Crippen molar-refractivity contribution in [3.8, 4) is 28.5 Å². The molecular weight excluding hydrogens is 450 g/mol. The Labute approximate surface area is 208 Å². The zero-order chi connectivity index (χ0) is 25.3. The van der Waals surface area contributed by atoms with Gasteiger partial charge in [-0.15, -0.1) is 0 Å². The molecule has 0 aliphatic rings. The highest BCUT2D eigenvalue weighted by atomic mass is 16.1. The minimum atomic E-state index is -0.796. The molecule has 0 fully saturated rings. The van der Waals surface area contributed by atoms with E-state index < -0.39 is 5.41 Å². The molecule has 4 aromatic heterocycles. The fourth-order valence-electron chi connectivity index (χ4n) is 4.00. The average Bonchev–Trinajstić information content (AvgIpc) is 3.39. The lowest BCUT2D eigenvalue weighted by Crippen LogP contribution is -2.18. The highest BCUT2D eigenvalue weighted by molar-refractivity contribution is 6.04. The van der Waals surface area contributed by atoms with Gasteiger partial charge in [-0.1, -0.05) is 18.2 Å². The molecule has 0 saturated heterocycles. The van der Waals surface area contributed by atoms with Crippen LogP contribution in [0, 0.1) is 18.3 Å². The zero-order valence-corrected chi connectivity index (χ0v) is 20.1. The average molecular weight is 474 g/mol. The fraction of sp³-hybridized carbons (Fsp3) is 0.143. The van der Waals surface area contributed by atoms with Crippen molar-refractivity contribution in [3.63, 3.8) is 0 Å². The van der Waals surface area contributed by atoms with Crippen LogP contribution in [0.4, 0.5) is 5.69 Å². The van der Waals surface area contributed by atoms with Crippen LogP contribution in [0.15, 0.2) is 73.4 Å². The van der Waals surface area contributed by atoms with Crippen LogP contribution in [0.1, 0.15) is 35.6 Å². The van der Waals surface area contributed by atoms with E-state index in [4.69, 9.17) is 0 Å². The molecule has 1 aromatic carbocycles. The first-order chi connectivity index (χ1) is 17.4. The van der Waals surface area contributed by atoms with Crippen molar-refractivity contribution in [3.05, 3.63) is 90.4 Å². The Hall–Kier alpha value is -4.90. The van der Waals surface area contributed by atoms with E-state index >= 15 is 0 Å². The quantitative estimate of drug-likeness (QED) is 0.350. The van der Waals surface area contributed by atoms with Gasteiger partial charge in [-0.3, -0.25) is 14.8 Å². The Morgan fingerprint density at radius 1 is 1.03 bits per heavy atom. The molecule has 0 bridgehead atoms. The van der Waals surface area contributed by atoms with Crippen molar-refractivity contribution in [1.29, 1.82) is 5.26 Å². The van der Waals surface area contributed by atoms with E-state index in [2.05, 4.69) is 42.4 Å². The number of nitriles is 1. The molecule has 0 atom stereocenters. The number of benzene rings is 1. The van der Waals surface area contributed by atoms with Crippen molar-refractivity contribution in [1.82, 2.24) is 24.9 Å². The Morgan fingerprint density at radius 3 is 2.69 bits per heavy atom. The van der Waals surface area contributed by atoms with Gasteiger partial charge in [0.2, 0.25) is 0 Å². The number of pyridine rings is 2. The molecule has 4 heterocycles. The molecule has 0 spiro atoms. The second-order valence-corrected chi connectivity index (χ2v) is 9.02. The number of aryl methyl sites for hydroxylation is 1. The van der Waals surface area contributed by atoms with E-state index in [-0.39, 0.29) is 5.91 Å². The topological polar surface area (TPSA) is 120 Å². The number of nitrogens with one attached hydrogen (secondary N) is 2. The lowest BCUT2D eigenvalue weighted by Gasteiger charge is -2.15. The Bertz CT molecular complexity index is 1650. The monoisotopic (exact) mass is 473 g/mol. The molecule has 5 aromatic rings. The van der Waals surface area contributed by atoms with Gasteiger partial charge in [-0.25, -0.2) is 9.97 Å². The largest absolute Gasteiger partial charge is 0.346 e. The molecule has 1 amide bonds. The highest BCUT2D eigenvalue weighted by Crippen LogP contribution is 2.31. The number of H-pyrrole nitrogens is 1. The van der Waals surface area contributed by atoms with Crippen LogP contribution in [-0.4, -0.2) is 30.8 Å². The summed E-state index contributed by atoms with van der Waals surface area (Å²) in [5.41, 5.74) is 6.00. The Morgan fingerprint density at radius 2 is 1.86 bits per heavy atom. The molecule has 0 radical (unpaired) electrons. The van der Waals surface area contributed by atoms with Crippen molar-refractivity contribution in [2.24, 2.45) is 0 Å². The number of aromatic amines is 1. The molecule has 0 aliphatic carbocycles. The van der Waals surface area contributed by atoms with Gasteiger partial charge in [0.1, 0.15) is 12.0 Å². The predicted molar refractivity (Wildman–Crippen MR) is 138 cm³/mol. The molecule has 5 rings (SSSR count). The predicted octanol–water partition coefficient (Wildman–Crippen LogP) is 5.44. The van der Waals surface area contributed by atoms with Gasteiger partial charge in [0, 0.05) is 40.2 Å². The van der Waals surface area contributed by atoms with Crippen LogP contribution in [0.3, 0.4) is 0 Å². The summed E-state index contributed by atoms with van der Waals surface area (Å²) < 4.78 is 0. The number of amides is 1. The summed E-state index contributed by atoms with van der Waals surface area (Å²) in [7, 11) is 0. The van der Waals surface area contributed by atoms with E-state index in [0.717, 1.165) is 39.1 Å². The smallest absolute Gasteiger partial charge is 0.255 e. The Balaban J connectivity index is 1.46. The number of carbonyl (C=O) groups excluding carboxylic acids is 1. The Kier molecular flexibility index (Phi) is 5.74. The lowest BCUT2D eigenvalue weighted by molar-refractivity contribution is 0.102. The molecule has 8 heteroatoms. The van der Waals surface area contributed by atoms with Gasteiger partial charge < -0.3 is 10.3 Å². The number of rotatable bonds is 5. The van der Waals surface area contributed by atoms with Gasteiger partial charge in [0.05, 0.1) is 34.8 Å². The minimum absolute atomic E-state index is 0.298. The number of hydrogen-bond donors (Lipinski definition) is 2. The number of carbonyl (C=O) groups is 1. The number of anilines is 1. The van der Waals surface area contributed by atoms with Gasteiger partial charge in [0.25, 0.3) is 5.91 Å². The van der Waals surface area contributed by atoms with E-state index in [9.17, 15) is 10.1 Å². The molecular formula is C28H23N7O. The number of aromatic nitrogens is 5. The molecule has 8 nitrogen and oxygen atoms in total. The second kappa shape index (κ2) is 9.04. The maximum Gasteiger partial charge on any atom is 0.255 e. The van der Waals surface area contributed by atoms with Crippen LogP contribution >= 0.6 is 0 Å². The van der Waals surface area contributed by atoms with E-state index in [1.165, 1.54) is 0 Å². The van der Waals surface area contributed by atoms with Crippen LogP contribution in [0.25, 0.3) is 33.4 Å². The third-order valence-electron chi connectivity index (χ3n) is 6.09. The third kappa shape index (κ3) is 4.30. The molecule has 0 saturated carbocycles. The van der Waals surface area contributed by atoms with Gasteiger partial charge in [0.15, 0.2) is 0 Å². The molecule has 0 unspecified atom stereocenters. The van der Waals surface area contributed by atoms with Gasteiger partial charge in [-0.2, -0.15) is 5.26 Å². The molecule has 176 valence electrons. The normalized spacial score (nSPS) is 11.3. The summed E-state index contributed by atoms with van der Waals surface area (Å²) in [6, 6.07) is 17.4. The molecule has 0 aliphatic heterocycles. The summed E-state index contributed by atoms with van der Waals surface area (Å²) in [5, 5.41) is 13.3. The summed E-state index contributed by atoms with van der Waals surface area (Å²) in [6.07, 6.45) is 6.57. The van der Waals surface area contributed by atoms with Gasteiger partial charge >= 0.3 is 0 Å². The van der Waals surface area contributed by atoms with E-state index in [1.54, 1.807) is 44.7 Å². The first-order valence-electron chi connectivity index (χ1n) is 11.4. The molecule has 2 N–H and O–H groups in total. The van der Waals surface area contributed by atoms with E-state index in [0.29, 0.717) is 16.9 Å². The van der Waals surface area contributed by atoms with E-state index in [1.807, 2.05) is 43.5 Å². The summed E-state index contributed by atoms with van der Waals surface area (Å²) in [4.78, 5) is 33.7. The molecule has 36 heavy (non-hydrogen) atoms. The van der Waals surface area contributed by atoms with Crippen molar-refractivity contribution in [2.75, 3.05) is 5.32 Å². The maximum atomic E-state index is 13.0. The summed E-state index contributed by atoms with van der Waals surface area (Å²) in [6.45, 7) is 5.47. The summed E-state index contributed by atoms with van der Waals surface area (Å²) >= 11 is 0. The number of fused-ring (bicyclic) bond motifs is 1. The van der Waals surface area contributed by atoms with Crippen LogP contribution in [0.2, 0.25) is 0 Å². The second-order valence-electron chi connectivity index (χ2n) is 9.02. The van der Waals surface area contributed by atoms with Crippen molar-refractivity contribution >= 4 is 22.6 Å². The first kappa shape index (κ1) is 22.9. The maximum absolute atomic E-state index is 13.0. The SMILES string of the molecule is Cc1ncc(NC(=O)c2ccnc(C(C)(C)C#N)c2)cc1-c1cccc(-c2ncnc3[nH]ccc23)c1. The third-order valence-corrected chi connectivity index (χ3v) is 6.09. The van der Waals surface area contributed by atoms with Gasteiger partial charge in [-0.05, 0) is 56.7 Å². The van der Waals surface area contributed by atoms with Crippen LogP contribution < -0.4 is 5.32 Å². The minimum Gasteiger partial charge on any atom is -0.346 e. The zero-order valence-electron chi connectivity index (χ0n) is 20.1. The highest BCUT2D eigenvalue weighted by Gasteiger charge is 2.22. The van der Waals surface area contributed by atoms with Crippen LogP contribution in [-0.2, 0) is 5.41 Å². The summed E-state index contributed by atoms with van der Waals surface area (Å²) in [5.74, 6) is -0.298.